The smallest absolute Gasteiger partial charge is 0.370 e. The van der Waals surface area contributed by atoms with Gasteiger partial charge in [-0.2, -0.15) is 0 Å². The summed E-state index contributed by atoms with van der Waals surface area (Å²) in [5.41, 5.74) is 2.56. The number of hydrogen-bond donors (Lipinski definition) is 2. The van der Waals surface area contributed by atoms with Crippen LogP contribution >= 0.6 is 0 Å². The number of amides is 1. The SMILES string of the molecule is COc1cc(-c2cccc(C(=O)Nc3ncc(C4CC=C(C(=O)O)O4)cn3)c2)cc(OC)c1OC. The Balaban J connectivity index is 1.50. The van der Waals surface area contributed by atoms with Crippen molar-refractivity contribution in [3.8, 4) is 28.4 Å². The number of nitrogens with one attached hydrogen (secondary N) is 1. The summed E-state index contributed by atoms with van der Waals surface area (Å²) in [6, 6.07) is 10.6. The lowest BCUT2D eigenvalue weighted by molar-refractivity contribution is -0.137. The Labute approximate surface area is 201 Å². The second kappa shape index (κ2) is 10.1. The first-order chi connectivity index (χ1) is 16.9. The number of carbonyl (C=O) groups excluding carboxylic acids is 1. The number of aromatic nitrogens is 2. The van der Waals surface area contributed by atoms with Gasteiger partial charge in [0.05, 0.1) is 21.3 Å². The number of carboxylic acids is 1. The molecule has 0 bridgehead atoms. The van der Waals surface area contributed by atoms with Crippen LogP contribution in [0.15, 0.2) is 60.6 Å². The predicted octanol–water partition coefficient (Wildman–Crippen LogP) is 3.85. The number of nitrogens with zero attached hydrogens (tertiary/aromatic N) is 2. The lowest BCUT2D eigenvalue weighted by Crippen LogP contribution is -2.14. The fourth-order valence-corrected chi connectivity index (χ4v) is 3.64. The molecule has 1 atom stereocenters. The van der Waals surface area contributed by atoms with E-state index in [1.807, 2.05) is 6.07 Å². The maximum atomic E-state index is 12.8. The molecule has 0 aliphatic carbocycles. The molecule has 0 saturated heterocycles. The van der Waals surface area contributed by atoms with Crippen LogP contribution < -0.4 is 19.5 Å². The molecule has 180 valence electrons. The van der Waals surface area contributed by atoms with Gasteiger partial charge in [0, 0.05) is 29.9 Å². The van der Waals surface area contributed by atoms with Gasteiger partial charge in [-0.05, 0) is 41.5 Å². The van der Waals surface area contributed by atoms with E-state index in [1.54, 1.807) is 30.3 Å². The van der Waals surface area contributed by atoms with E-state index in [2.05, 4.69) is 15.3 Å². The molecule has 2 heterocycles. The average Bonchev–Trinajstić information content (AvgIpc) is 3.39. The van der Waals surface area contributed by atoms with E-state index >= 15 is 0 Å². The summed E-state index contributed by atoms with van der Waals surface area (Å²) in [7, 11) is 4.61. The van der Waals surface area contributed by atoms with Crippen molar-refractivity contribution in [1.29, 1.82) is 0 Å². The molecule has 1 aliphatic rings. The van der Waals surface area contributed by atoms with E-state index in [0.29, 0.717) is 34.8 Å². The van der Waals surface area contributed by atoms with Crippen molar-refractivity contribution in [1.82, 2.24) is 9.97 Å². The second-order valence-corrected chi connectivity index (χ2v) is 7.50. The number of ether oxygens (including phenoxy) is 4. The molecule has 0 fully saturated rings. The highest BCUT2D eigenvalue weighted by Crippen LogP contribution is 2.41. The minimum Gasteiger partial charge on any atom is -0.493 e. The maximum Gasteiger partial charge on any atom is 0.370 e. The highest BCUT2D eigenvalue weighted by molar-refractivity contribution is 6.04. The van der Waals surface area contributed by atoms with Gasteiger partial charge in [-0.1, -0.05) is 12.1 Å². The molecule has 1 aromatic heterocycles. The maximum absolute atomic E-state index is 12.8. The molecule has 1 unspecified atom stereocenters. The summed E-state index contributed by atoms with van der Waals surface area (Å²) in [5.74, 6) is -0.0128. The summed E-state index contributed by atoms with van der Waals surface area (Å²) in [5, 5.41) is 11.7. The number of carbonyl (C=O) groups is 2. The Morgan fingerprint density at radius 1 is 1.00 bits per heavy atom. The third kappa shape index (κ3) is 5.01. The number of methoxy groups -OCH3 is 3. The largest absolute Gasteiger partial charge is 0.493 e. The molecule has 10 heteroatoms. The lowest BCUT2D eigenvalue weighted by Gasteiger charge is -2.14. The van der Waals surface area contributed by atoms with Crippen LogP contribution in [0, 0.1) is 0 Å². The van der Waals surface area contributed by atoms with Crippen molar-refractivity contribution in [3.63, 3.8) is 0 Å². The first-order valence-electron chi connectivity index (χ1n) is 10.6. The van der Waals surface area contributed by atoms with E-state index in [0.717, 1.165) is 11.1 Å². The quantitative estimate of drug-likeness (QED) is 0.497. The van der Waals surface area contributed by atoms with Crippen LogP contribution in [0.25, 0.3) is 11.1 Å². The molecular formula is C25H23N3O7. The Hall–Kier alpha value is -4.60. The van der Waals surface area contributed by atoms with E-state index in [4.69, 9.17) is 24.1 Å². The van der Waals surface area contributed by atoms with Crippen LogP contribution in [0.3, 0.4) is 0 Å². The molecule has 0 saturated carbocycles. The second-order valence-electron chi connectivity index (χ2n) is 7.50. The highest BCUT2D eigenvalue weighted by atomic mass is 16.5. The molecule has 4 rings (SSSR count). The van der Waals surface area contributed by atoms with Gasteiger partial charge < -0.3 is 24.1 Å². The van der Waals surface area contributed by atoms with Crippen molar-refractivity contribution in [2.75, 3.05) is 26.6 Å². The molecule has 3 aromatic rings. The molecule has 1 aliphatic heterocycles. The van der Waals surface area contributed by atoms with Gasteiger partial charge in [-0.3, -0.25) is 10.1 Å². The zero-order valence-electron chi connectivity index (χ0n) is 19.3. The van der Waals surface area contributed by atoms with Gasteiger partial charge in [0.2, 0.25) is 17.5 Å². The molecule has 2 aromatic carbocycles. The first-order valence-corrected chi connectivity index (χ1v) is 10.6. The van der Waals surface area contributed by atoms with Crippen molar-refractivity contribution in [3.05, 3.63) is 71.8 Å². The first kappa shape index (κ1) is 23.6. The number of benzene rings is 2. The van der Waals surface area contributed by atoms with Crippen LogP contribution in [0.1, 0.15) is 28.4 Å². The minimum atomic E-state index is -1.12. The molecule has 0 radical (unpaired) electrons. The summed E-state index contributed by atoms with van der Waals surface area (Å²) < 4.78 is 21.6. The monoisotopic (exact) mass is 477 g/mol. The number of anilines is 1. The summed E-state index contributed by atoms with van der Waals surface area (Å²) in [6.07, 6.45) is 4.44. The normalized spacial score (nSPS) is 14.5. The van der Waals surface area contributed by atoms with Gasteiger partial charge in [-0.15, -0.1) is 0 Å². The third-order valence-electron chi connectivity index (χ3n) is 5.39. The topological polar surface area (TPSA) is 129 Å². The standard InChI is InChI=1S/C25H23N3O7/c1-32-20-10-16(11-21(33-2)22(20)34-3)14-5-4-6-15(9-14)23(29)28-25-26-12-17(13-27-25)18-7-8-19(35-18)24(30)31/h4-6,8-13,18H,7H2,1-3H3,(H,30,31)(H,26,27,28,29). The van der Waals surface area contributed by atoms with Crippen molar-refractivity contribution >= 4 is 17.8 Å². The van der Waals surface area contributed by atoms with E-state index in [-0.39, 0.29) is 17.6 Å². The van der Waals surface area contributed by atoms with Crippen LogP contribution in [-0.2, 0) is 9.53 Å². The van der Waals surface area contributed by atoms with Gasteiger partial charge in [-0.25, -0.2) is 14.8 Å². The van der Waals surface area contributed by atoms with Crippen LogP contribution in [0.5, 0.6) is 17.2 Å². The van der Waals surface area contributed by atoms with Crippen LogP contribution in [-0.4, -0.2) is 48.3 Å². The van der Waals surface area contributed by atoms with Gasteiger partial charge in [0.1, 0.15) is 6.10 Å². The van der Waals surface area contributed by atoms with E-state index < -0.39 is 12.1 Å². The van der Waals surface area contributed by atoms with Gasteiger partial charge >= 0.3 is 5.97 Å². The van der Waals surface area contributed by atoms with Gasteiger partial charge in [0.25, 0.3) is 5.91 Å². The molecular weight excluding hydrogens is 454 g/mol. The molecule has 0 spiro atoms. The minimum absolute atomic E-state index is 0.0978. The summed E-state index contributed by atoms with van der Waals surface area (Å²) in [6.45, 7) is 0. The molecule has 2 N–H and O–H groups in total. The number of aliphatic carboxylic acids is 1. The average molecular weight is 477 g/mol. The fourth-order valence-electron chi connectivity index (χ4n) is 3.64. The third-order valence-corrected chi connectivity index (χ3v) is 5.39. The zero-order valence-corrected chi connectivity index (χ0v) is 19.3. The van der Waals surface area contributed by atoms with Crippen LogP contribution in [0.4, 0.5) is 5.95 Å². The Morgan fingerprint density at radius 3 is 2.26 bits per heavy atom. The number of hydrogen-bond acceptors (Lipinski definition) is 8. The molecule has 35 heavy (non-hydrogen) atoms. The summed E-state index contributed by atoms with van der Waals surface area (Å²) >= 11 is 0. The van der Waals surface area contributed by atoms with Crippen LogP contribution in [0.2, 0.25) is 0 Å². The molecule has 1 amide bonds. The Kier molecular flexibility index (Phi) is 6.81. The fraction of sp³-hybridized carbons (Fsp3) is 0.200. The Bertz CT molecular complexity index is 1260. The van der Waals surface area contributed by atoms with E-state index in [1.165, 1.54) is 39.8 Å². The number of carboxylic acid groups (broad SMARTS) is 1. The molecule has 10 nitrogen and oxygen atoms in total. The van der Waals surface area contributed by atoms with Crippen molar-refractivity contribution < 1.29 is 33.6 Å². The van der Waals surface area contributed by atoms with Gasteiger partial charge in [0.15, 0.2) is 11.5 Å². The van der Waals surface area contributed by atoms with Crippen molar-refractivity contribution in [2.45, 2.75) is 12.5 Å². The summed E-state index contributed by atoms with van der Waals surface area (Å²) in [4.78, 5) is 32.2. The highest BCUT2D eigenvalue weighted by Gasteiger charge is 2.25. The lowest BCUT2D eigenvalue weighted by atomic mass is 10.0. The van der Waals surface area contributed by atoms with Crippen molar-refractivity contribution in [2.24, 2.45) is 0 Å². The van der Waals surface area contributed by atoms with E-state index in [9.17, 15) is 9.59 Å². The number of rotatable bonds is 8. The predicted molar refractivity (Wildman–Crippen MR) is 126 cm³/mol. The zero-order chi connectivity index (χ0) is 24.9. The Morgan fingerprint density at radius 2 is 1.69 bits per heavy atom.